The van der Waals surface area contributed by atoms with Crippen LogP contribution in [0.2, 0.25) is 0 Å². The Morgan fingerprint density at radius 3 is 2.83 bits per heavy atom. The third-order valence-electron chi connectivity index (χ3n) is 1.40. The molecule has 0 spiro atoms. The Labute approximate surface area is 77.6 Å². The van der Waals surface area contributed by atoms with Gasteiger partial charge in [0.05, 0.1) is 5.69 Å². The van der Waals surface area contributed by atoms with Crippen LogP contribution in [0, 0.1) is 0 Å². The van der Waals surface area contributed by atoms with Crippen LogP contribution in [0.25, 0.3) is 0 Å². The Morgan fingerprint density at radius 2 is 2.25 bits per heavy atom. The highest BCUT2D eigenvalue weighted by molar-refractivity contribution is 7.99. The van der Waals surface area contributed by atoms with Crippen LogP contribution in [-0.2, 0) is 5.75 Å². The smallest absolute Gasteiger partial charge is 0.0503 e. The lowest BCUT2D eigenvalue weighted by Crippen LogP contribution is -1.92. The number of nitrogen functional groups attached to an aromatic ring is 1. The van der Waals surface area contributed by atoms with Crippen molar-refractivity contribution in [2.45, 2.75) is 24.9 Å². The standard InChI is InChI=1S/C9H14N2S/c1-7(2)12-6-8-3-9(10)5-11-4-8/h3-5,7H,6,10H2,1-2H3. The number of nitrogens with two attached hydrogens (primary N) is 1. The van der Waals surface area contributed by atoms with Gasteiger partial charge in [0.25, 0.3) is 0 Å². The molecule has 0 aliphatic heterocycles. The molecule has 0 fully saturated rings. The van der Waals surface area contributed by atoms with Crippen LogP contribution in [0.3, 0.4) is 0 Å². The molecule has 0 atom stereocenters. The Kier molecular flexibility index (Phi) is 3.41. The molecule has 2 nitrogen and oxygen atoms in total. The van der Waals surface area contributed by atoms with Gasteiger partial charge in [-0.25, -0.2) is 0 Å². The second-order valence-corrected chi connectivity index (χ2v) is 4.55. The number of hydrogen-bond donors (Lipinski definition) is 1. The molecular formula is C9H14N2S. The van der Waals surface area contributed by atoms with Crippen LogP contribution in [-0.4, -0.2) is 10.2 Å². The Balaban J connectivity index is 2.52. The highest BCUT2D eigenvalue weighted by Gasteiger charge is 1.97. The van der Waals surface area contributed by atoms with Crippen molar-refractivity contribution in [1.29, 1.82) is 0 Å². The lowest BCUT2D eigenvalue weighted by Gasteiger charge is -2.04. The van der Waals surface area contributed by atoms with Crippen molar-refractivity contribution in [3.63, 3.8) is 0 Å². The number of pyridine rings is 1. The van der Waals surface area contributed by atoms with Crippen molar-refractivity contribution >= 4 is 17.4 Å². The molecule has 0 unspecified atom stereocenters. The molecule has 0 aliphatic carbocycles. The van der Waals surface area contributed by atoms with E-state index in [-0.39, 0.29) is 0 Å². The van der Waals surface area contributed by atoms with E-state index in [2.05, 4.69) is 18.8 Å². The number of nitrogens with zero attached hydrogens (tertiary/aromatic N) is 1. The fourth-order valence-electron chi connectivity index (χ4n) is 0.850. The molecule has 66 valence electrons. The van der Waals surface area contributed by atoms with Gasteiger partial charge >= 0.3 is 0 Å². The summed E-state index contributed by atoms with van der Waals surface area (Å²) in [7, 11) is 0. The van der Waals surface area contributed by atoms with E-state index >= 15 is 0 Å². The summed E-state index contributed by atoms with van der Waals surface area (Å²) in [5.41, 5.74) is 7.54. The van der Waals surface area contributed by atoms with Crippen molar-refractivity contribution in [2.75, 3.05) is 5.73 Å². The molecule has 0 radical (unpaired) electrons. The number of thioether (sulfide) groups is 1. The van der Waals surface area contributed by atoms with Gasteiger partial charge in [-0.05, 0) is 16.9 Å². The zero-order valence-electron chi connectivity index (χ0n) is 7.45. The Bertz CT molecular complexity index is 248. The first-order chi connectivity index (χ1) is 5.68. The lowest BCUT2D eigenvalue weighted by atomic mass is 10.3. The molecule has 1 aromatic rings. The second kappa shape index (κ2) is 4.36. The monoisotopic (exact) mass is 182 g/mol. The summed E-state index contributed by atoms with van der Waals surface area (Å²) >= 11 is 1.90. The van der Waals surface area contributed by atoms with E-state index in [0.29, 0.717) is 5.25 Å². The van der Waals surface area contributed by atoms with Crippen LogP contribution in [0.15, 0.2) is 18.5 Å². The first-order valence-electron chi connectivity index (χ1n) is 3.99. The van der Waals surface area contributed by atoms with Crippen LogP contribution in [0.5, 0.6) is 0 Å². The molecule has 12 heavy (non-hydrogen) atoms. The van der Waals surface area contributed by atoms with E-state index in [1.807, 2.05) is 24.0 Å². The van der Waals surface area contributed by atoms with Crippen molar-refractivity contribution in [1.82, 2.24) is 4.98 Å². The highest BCUT2D eigenvalue weighted by Crippen LogP contribution is 2.17. The van der Waals surface area contributed by atoms with Gasteiger partial charge in [-0.1, -0.05) is 13.8 Å². The summed E-state index contributed by atoms with van der Waals surface area (Å²) in [5, 5.41) is 0.659. The Morgan fingerprint density at radius 1 is 1.50 bits per heavy atom. The third kappa shape index (κ3) is 3.13. The van der Waals surface area contributed by atoms with E-state index < -0.39 is 0 Å². The van der Waals surface area contributed by atoms with E-state index in [9.17, 15) is 0 Å². The molecule has 1 rings (SSSR count). The van der Waals surface area contributed by atoms with Gasteiger partial charge in [-0.2, -0.15) is 11.8 Å². The topological polar surface area (TPSA) is 38.9 Å². The quantitative estimate of drug-likeness (QED) is 0.779. The van der Waals surface area contributed by atoms with Crippen LogP contribution in [0.1, 0.15) is 19.4 Å². The summed E-state index contributed by atoms with van der Waals surface area (Å²) in [4.78, 5) is 4.02. The third-order valence-corrected chi connectivity index (χ3v) is 2.57. The van der Waals surface area contributed by atoms with Crippen molar-refractivity contribution in [3.8, 4) is 0 Å². The van der Waals surface area contributed by atoms with E-state index in [0.717, 1.165) is 11.4 Å². The maximum absolute atomic E-state index is 5.59. The first-order valence-corrected chi connectivity index (χ1v) is 5.04. The van der Waals surface area contributed by atoms with Crippen molar-refractivity contribution < 1.29 is 0 Å². The predicted molar refractivity (Wildman–Crippen MR) is 55.1 cm³/mol. The molecule has 1 aromatic heterocycles. The summed E-state index contributed by atoms with van der Waals surface area (Å²) in [6.45, 7) is 4.37. The molecule has 0 amide bonds. The Hall–Kier alpha value is -0.700. The van der Waals surface area contributed by atoms with Gasteiger partial charge in [-0.3, -0.25) is 4.98 Å². The molecule has 0 bridgehead atoms. The highest BCUT2D eigenvalue weighted by atomic mass is 32.2. The number of hydrogen-bond acceptors (Lipinski definition) is 3. The number of aromatic nitrogens is 1. The minimum Gasteiger partial charge on any atom is -0.397 e. The van der Waals surface area contributed by atoms with Crippen molar-refractivity contribution in [3.05, 3.63) is 24.0 Å². The summed E-state index contributed by atoms with van der Waals surface area (Å²) in [6.07, 6.45) is 3.54. The largest absolute Gasteiger partial charge is 0.397 e. The average Bonchev–Trinajstić information content (AvgIpc) is 2.01. The van der Waals surface area contributed by atoms with Gasteiger partial charge in [0.15, 0.2) is 0 Å². The van der Waals surface area contributed by atoms with E-state index in [1.165, 1.54) is 5.56 Å². The van der Waals surface area contributed by atoms with Gasteiger partial charge in [-0.15, -0.1) is 0 Å². The number of anilines is 1. The normalized spacial score (nSPS) is 10.6. The fraction of sp³-hybridized carbons (Fsp3) is 0.444. The minimum absolute atomic E-state index is 0.659. The van der Waals surface area contributed by atoms with Crippen LogP contribution < -0.4 is 5.73 Å². The van der Waals surface area contributed by atoms with Crippen LogP contribution >= 0.6 is 11.8 Å². The SMILES string of the molecule is CC(C)SCc1cncc(N)c1. The summed E-state index contributed by atoms with van der Waals surface area (Å²) in [5.74, 6) is 0.996. The average molecular weight is 182 g/mol. The maximum atomic E-state index is 5.59. The van der Waals surface area contributed by atoms with Gasteiger partial charge < -0.3 is 5.73 Å². The molecule has 0 aromatic carbocycles. The van der Waals surface area contributed by atoms with Gasteiger partial charge in [0.1, 0.15) is 0 Å². The molecule has 0 aliphatic rings. The maximum Gasteiger partial charge on any atom is 0.0503 e. The molecule has 0 saturated heterocycles. The molecule has 2 N–H and O–H groups in total. The van der Waals surface area contributed by atoms with Gasteiger partial charge in [0.2, 0.25) is 0 Å². The van der Waals surface area contributed by atoms with Gasteiger partial charge in [0, 0.05) is 18.1 Å². The van der Waals surface area contributed by atoms with E-state index in [1.54, 1.807) is 6.20 Å². The predicted octanol–water partition coefficient (Wildman–Crippen LogP) is 2.31. The first kappa shape index (κ1) is 9.39. The molecule has 3 heteroatoms. The lowest BCUT2D eigenvalue weighted by molar-refractivity contribution is 1.11. The summed E-state index contributed by atoms with van der Waals surface area (Å²) in [6, 6.07) is 1.97. The minimum atomic E-state index is 0.659. The molecular weight excluding hydrogens is 168 g/mol. The zero-order chi connectivity index (χ0) is 8.97. The zero-order valence-corrected chi connectivity index (χ0v) is 8.27. The van der Waals surface area contributed by atoms with Crippen LogP contribution in [0.4, 0.5) is 5.69 Å². The molecule has 1 heterocycles. The number of rotatable bonds is 3. The molecule has 0 saturated carbocycles. The van der Waals surface area contributed by atoms with E-state index in [4.69, 9.17) is 5.73 Å². The second-order valence-electron chi connectivity index (χ2n) is 2.99. The summed E-state index contributed by atoms with van der Waals surface area (Å²) < 4.78 is 0. The fourth-order valence-corrected chi connectivity index (χ4v) is 1.53. The van der Waals surface area contributed by atoms with Crippen molar-refractivity contribution in [2.24, 2.45) is 0 Å².